The summed E-state index contributed by atoms with van der Waals surface area (Å²) in [5.74, 6) is 0.624. The van der Waals surface area contributed by atoms with Crippen molar-refractivity contribution in [3.05, 3.63) is 23.8 Å². The smallest absolute Gasteiger partial charge is 0.227 e. The van der Waals surface area contributed by atoms with Crippen LogP contribution in [0.1, 0.15) is 32.8 Å². The summed E-state index contributed by atoms with van der Waals surface area (Å²) >= 11 is 0. The van der Waals surface area contributed by atoms with Gasteiger partial charge in [-0.15, -0.1) is 0 Å². The van der Waals surface area contributed by atoms with Gasteiger partial charge in [0.1, 0.15) is 5.75 Å². The third kappa shape index (κ3) is 3.84. The van der Waals surface area contributed by atoms with E-state index in [2.05, 4.69) is 19.2 Å². The first-order chi connectivity index (χ1) is 10.8. The standard InChI is InChI=1S/C18H26N2O3/c1-11(2)13(4)19-18(22)14-9-17(21)20(10-14)15-8-12(3)6-7-16(15)23-5/h6-8,11,13-14H,9-10H2,1-5H3,(H,19,22)/t13-,14+/m1/s1. The molecule has 2 amide bonds. The molecule has 5 nitrogen and oxygen atoms in total. The van der Waals surface area contributed by atoms with E-state index in [1.807, 2.05) is 32.0 Å². The van der Waals surface area contributed by atoms with Gasteiger partial charge in [-0.25, -0.2) is 0 Å². The number of nitrogens with zero attached hydrogens (tertiary/aromatic N) is 1. The van der Waals surface area contributed by atoms with Gasteiger partial charge in [0, 0.05) is 19.0 Å². The molecular formula is C18H26N2O3. The number of aryl methyl sites for hydroxylation is 1. The van der Waals surface area contributed by atoms with Gasteiger partial charge in [-0.2, -0.15) is 0 Å². The van der Waals surface area contributed by atoms with Crippen LogP contribution < -0.4 is 15.0 Å². The lowest BCUT2D eigenvalue weighted by atomic mass is 10.0. The largest absolute Gasteiger partial charge is 0.495 e. The number of carbonyl (C=O) groups excluding carboxylic acids is 2. The zero-order valence-corrected chi connectivity index (χ0v) is 14.6. The predicted molar refractivity (Wildman–Crippen MR) is 90.6 cm³/mol. The van der Waals surface area contributed by atoms with Gasteiger partial charge in [0.2, 0.25) is 11.8 Å². The molecule has 0 bridgehead atoms. The van der Waals surface area contributed by atoms with E-state index in [-0.39, 0.29) is 30.2 Å². The molecule has 0 unspecified atom stereocenters. The molecule has 1 saturated heterocycles. The molecule has 5 heteroatoms. The number of hydrogen-bond donors (Lipinski definition) is 1. The topological polar surface area (TPSA) is 58.6 Å². The molecule has 1 aromatic carbocycles. The summed E-state index contributed by atoms with van der Waals surface area (Å²) in [6, 6.07) is 5.82. The third-order valence-electron chi connectivity index (χ3n) is 4.49. The Bertz CT molecular complexity index is 598. The third-order valence-corrected chi connectivity index (χ3v) is 4.49. The summed E-state index contributed by atoms with van der Waals surface area (Å²) in [4.78, 5) is 26.4. The molecule has 1 aromatic rings. The first kappa shape index (κ1) is 17.3. The molecule has 0 spiro atoms. The maximum Gasteiger partial charge on any atom is 0.227 e. The van der Waals surface area contributed by atoms with E-state index < -0.39 is 0 Å². The van der Waals surface area contributed by atoms with Crippen molar-refractivity contribution in [2.75, 3.05) is 18.6 Å². The van der Waals surface area contributed by atoms with E-state index in [9.17, 15) is 9.59 Å². The Morgan fingerprint density at radius 2 is 2.04 bits per heavy atom. The summed E-state index contributed by atoms with van der Waals surface area (Å²) < 4.78 is 5.36. The van der Waals surface area contributed by atoms with E-state index in [1.165, 1.54) is 0 Å². The number of nitrogens with one attached hydrogen (secondary N) is 1. The molecule has 2 atom stereocenters. The summed E-state index contributed by atoms with van der Waals surface area (Å²) in [5, 5.41) is 3.00. The van der Waals surface area contributed by atoms with Gasteiger partial charge in [-0.3, -0.25) is 9.59 Å². The van der Waals surface area contributed by atoms with Crippen molar-refractivity contribution >= 4 is 17.5 Å². The van der Waals surface area contributed by atoms with E-state index in [0.717, 1.165) is 11.3 Å². The van der Waals surface area contributed by atoms with Crippen LogP contribution in [-0.2, 0) is 9.59 Å². The average molecular weight is 318 g/mol. The number of carbonyl (C=O) groups is 2. The lowest BCUT2D eigenvalue weighted by Gasteiger charge is -2.21. The Hall–Kier alpha value is -2.04. The maximum atomic E-state index is 12.4. The van der Waals surface area contributed by atoms with Crippen molar-refractivity contribution in [1.82, 2.24) is 5.32 Å². The van der Waals surface area contributed by atoms with Gasteiger partial charge in [0.25, 0.3) is 0 Å². The minimum absolute atomic E-state index is 0.0359. The predicted octanol–water partition coefficient (Wildman–Crippen LogP) is 2.52. The maximum absolute atomic E-state index is 12.4. The van der Waals surface area contributed by atoms with Crippen molar-refractivity contribution in [2.24, 2.45) is 11.8 Å². The van der Waals surface area contributed by atoms with Crippen LogP contribution >= 0.6 is 0 Å². The Balaban J connectivity index is 2.14. The van der Waals surface area contributed by atoms with E-state index in [1.54, 1.807) is 12.0 Å². The van der Waals surface area contributed by atoms with Gasteiger partial charge >= 0.3 is 0 Å². The Morgan fingerprint density at radius 3 is 2.65 bits per heavy atom. The summed E-state index contributed by atoms with van der Waals surface area (Å²) in [6.07, 6.45) is 0.244. The molecule has 1 fully saturated rings. The fourth-order valence-corrected chi connectivity index (χ4v) is 2.64. The van der Waals surface area contributed by atoms with E-state index in [0.29, 0.717) is 18.2 Å². The second kappa shape index (κ2) is 7.02. The lowest BCUT2D eigenvalue weighted by molar-refractivity contribution is -0.127. The summed E-state index contributed by atoms with van der Waals surface area (Å²) in [6.45, 7) is 8.48. The first-order valence-corrected chi connectivity index (χ1v) is 8.08. The van der Waals surface area contributed by atoms with Crippen LogP contribution in [0.15, 0.2) is 18.2 Å². The van der Waals surface area contributed by atoms with E-state index >= 15 is 0 Å². The molecule has 23 heavy (non-hydrogen) atoms. The van der Waals surface area contributed by atoms with Crippen LogP contribution in [-0.4, -0.2) is 31.5 Å². The van der Waals surface area contributed by atoms with Gasteiger partial charge in [0.15, 0.2) is 0 Å². The number of rotatable bonds is 5. The monoisotopic (exact) mass is 318 g/mol. The highest BCUT2D eigenvalue weighted by Gasteiger charge is 2.36. The zero-order chi connectivity index (χ0) is 17.1. The highest BCUT2D eigenvalue weighted by molar-refractivity contribution is 6.01. The second-order valence-corrected chi connectivity index (χ2v) is 6.62. The molecule has 0 aliphatic carbocycles. The van der Waals surface area contributed by atoms with Crippen molar-refractivity contribution in [2.45, 2.75) is 40.2 Å². The van der Waals surface area contributed by atoms with Crippen molar-refractivity contribution < 1.29 is 14.3 Å². The fraction of sp³-hybridized carbons (Fsp3) is 0.556. The van der Waals surface area contributed by atoms with Gasteiger partial charge in [-0.1, -0.05) is 19.9 Å². The van der Waals surface area contributed by atoms with Crippen LogP contribution in [0.3, 0.4) is 0 Å². The molecule has 0 radical (unpaired) electrons. The van der Waals surface area contributed by atoms with Crippen molar-refractivity contribution in [3.63, 3.8) is 0 Å². The molecule has 1 heterocycles. The summed E-state index contributed by atoms with van der Waals surface area (Å²) in [5.41, 5.74) is 1.79. The van der Waals surface area contributed by atoms with Gasteiger partial charge in [0.05, 0.1) is 18.7 Å². The molecule has 1 N–H and O–H groups in total. The molecule has 0 aromatic heterocycles. The van der Waals surface area contributed by atoms with E-state index in [4.69, 9.17) is 4.74 Å². The fourth-order valence-electron chi connectivity index (χ4n) is 2.64. The van der Waals surface area contributed by atoms with Crippen LogP contribution in [0.25, 0.3) is 0 Å². The SMILES string of the molecule is COc1ccc(C)cc1N1C[C@@H](C(=O)N[C@H](C)C(C)C)CC1=O. The summed E-state index contributed by atoms with van der Waals surface area (Å²) in [7, 11) is 1.59. The Morgan fingerprint density at radius 1 is 1.35 bits per heavy atom. The normalized spacial score (nSPS) is 19.1. The number of methoxy groups -OCH3 is 1. The Labute approximate surface area is 138 Å². The Kier molecular flexibility index (Phi) is 5.29. The van der Waals surface area contributed by atoms with Gasteiger partial charge < -0.3 is 15.0 Å². The lowest BCUT2D eigenvalue weighted by Crippen LogP contribution is -2.40. The number of amides is 2. The average Bonchev–Trinajstić information content (AvgIpc) is 2.89. The molecule has 1 aliphatic heterocycles. The molecular weight excluding hydrogens is 292 g/mol. The zero-order valence-electron chi connectivity index (χ0n) is 14.6. The first-order valence-electron chi connectivity index (χ1n) is 8.08. The van der Waals surface area contributed by atoms with Crippen molar-refractivity contribution in [1.29, 1.82) is 0 Å². The highest BCUT2D eigenvalue weighted by atomic mass is 16.5. The van der Waals surface area contributed by atoms with Gasteiger partial charge in [-0.05, 0) is 37.5 Å². The van der Waals surface area contributed by atoms with Crippen LogP contribution in [0.2, 0.25) is 0 Å². The number of ether oxygens (including phenoxy) is 1. The highest BCUT2D eigenvalue weighted by Crippen LogP contribution is 2.34. The number of benzene rings is 1. The van der Waals surface area contributed by atoms with Crippen molar-refractivity contribution in [3.8, 4) is 5.75 Å². The quantitative estimate of drug-likeness (QED) is 0.907. The van der Waals surface area contributed by atoms with Crippen LogP contribution in [0.4, 0.5) is 5.69 Å². The van der Waals surface area contributed by atoms with Crippen LogP contribution in [0, 0.1) is 18.8 Å². The minimum atomic E-state index is -0.311. The van der Waals surface area contributed by atoms with Crippen LogP contribution in [0.5, 0.6) is 5.75 Å². The number of hydrogen-bond acceptors (Lipinski definition) is 3. The molecule has 1 aliphatic rings. The number of anilines is 1. The minimum Gasteiger partial charge on any atom is -0.495 e. The molecule has 2 rings (SSSR count). The molecule has 0 saturated carbocycles. The second-order valence-electron chi connectivity index (χ2n) is 6.62. The molecule has 126 valence electrons.